The van der Waals surface area contributed by atoms with Crippen LogP contribution < -0.4 is 5.32 Å². The Labute approximate surface area is 199 Å². The molecule has 0 radical (unpaired) electrons. The molecular formula is C27H55NO4. The zero-order valence-corrected chi connectivity index (χ0v) is 22.6. The van der Waals surface area contributed by atoms with Gasteiger partial charge in [-0.2, -0.15) is 0 Å². The van der Waals surface area contributed by atoms with Crippen molar-refractivity contribution >= 4 is 12.1 Å². The summed E-state index contributed by atoms with van der Waals surface area (Å²) in [6.07, 6.45) is 13.1. The van der Waals surface area contributed by atoms with E-state index in [9.17, 15) is 9.59 Å². The summed E-state index contributed by atoms with van der Waals surface area (Å²) in [4.78, 5) is 21.6. The van der Waals surface area contributed by atoms with Crippen molar-refractivity contribution in [2.75, 3.05) is 27.4 Å². The number of ether oxygens (including phenoxy) is 2. The fourth-order valence-corrected chi connectivity index (χ4v) is 3.87. The van der Waals surface area contributed by atoms with E-state index in [0.29, 0.717) is 36.9 Å². The summed E-state index contributed by atoms with van der Waals surface area (Å²) in [6, 6.07) is 0.649. The lowest BCUT2D eigenvalue weighted by molar-refractivity contribution is -0.126. The molecule has 0 atom stereocenters. The maximum Gasteiger partial charge on any atom is 0.138 e. The van der Waals surface area contributed by atoms with E-state index in [-0.39, 0.29) is 5.92 Å². The monoisotopic (exact) mass is 457 g/mol. The van der Waals surface area contributed by atoms with Crippen molar-refractivity contribution in [3.63, 3.8) is 0 Å². The van der Waals surface area contributed by atoms with Crippen LogP contribution in [0.3, 0.4) is 0 Å². The molecule has 5 heteroatoms. The van der Waals surface area contributed by atoms with Crippen molar-refractivity contribution in [1.29, 1.82) is 0 Å². The summed E-state index contributed by atoms with van der Waals surface area (Å²) in [5, 5.41) is 3.28. The molecule has 0 aliphatic heterocycles. The standard InChI is InChI=1S/C11H21NO.C10H18O2.C4H10O.C2H6/c1-8(2)11(13)9-4-6-10(12-3)7-5-9;11-7-4-8-12-9-10-5-2-1-3-6-10;1-4(2)5-3;1-2/h8-10,12H,4-7H2,1-3H3;7,10H,1-6,8-9H2;4H,1-3H3;1-2H3. The van der Waals surface area contributed by atoms with Crippen molar-refractivity contribution < 1.29 is 19.1 Å². The second-order valence-electron chi connectivity index (χ2n) is 9.21. The number of hydrogen-bond donors (Lipinski definition) is 1. The zero-order valence-electron chi connectivity index (χ0n) is 22.6. The summed E-state index contributed by atoms with van der Waals surface area (Å²) in [6.45, 7) is 13.5. The van der Waals surface area contributed by atoms with Crippen molar-refractivity contribution in [2.45, 2.75) is 118 Å². The van der Waals surface area contributed by atoms with Gasteiger partial charge in [-0.3, -0.25) is 4.79 Å². The summed E-state index contributed by atoms with van der Waals surface area (Å²) in [5.41, 5.74) is 0. The molecule has 2 saturated carbocycles. The average molecular weight is 458 g/mol. The van der Waals surface area contributed by atoms with Gasteiger partial charge >= 0.3 is 0 Å². The second kappa shape index (κ2) is 23.4. The van der Waals surface area contributed by atoms with Gasteiger partial charge in [-0.25, -0.2) is 0 Å². The molecule has 0 aromatic carbocycles. The third-order valence-electron chi connectivity index (χ3n) is 6.04. The number of Topliss-reactive ketones (excluding diaryl/α,β-unsaturated/α-hetero) is 1. The molecule has 0 spiro atoms. The van der Waals surface area contributed by atoms with E-state index in [0.717, 1.165) is 31.7 Å². The van der Waals surface area contributed by atoms with E-state index in [1.54, 1.807) is 7.11 Å². The molecule has 0 bridgehead atoms. The lowest BCUT2D eigenvalue weighted by Gasteiger charge is -2.28. The summed E-state index contributed by atoms with van der Waals surface area (Å²) in [7, 11) is 3.71. The molecule has 0 aromatic rings. The Bertz CT molecular complexity index is 412. The molecule has 0 amide bonds. The van der Waals surface area contributed by atoms with E-state index in [1.807, 2.05) is 48.6 Å². The molecule has 1 N–H and O–H groups in total. The maximum atomic E-state index is 11.7. The number of aldehydes is 1. The Kier molecular flexibility index (Phi) is 24.4. The number of hydrogen-bond acceptors (Lipinski definition) is 5. The van der Waals surface area contributed by atoms with Gasteiger partial charge in [-0.15, -0.1) is 0 Å². The fraction of sp³-hybridized carbons (Fsp3) is 0.926. The Balaban J connectivity index is 0. The Morgan fingerprint density at radius 1 is 0.969 bits per heavy atom. The van der Waals surface area contributed by atoms with Crippen LogP contribution in [-0.4, -0.2) is 51.6 Å². The first-order valence-corrected chi connectivity index (χ1v) is 13.1. The molecule has 2 fully saturated rings. The SMILES string of the molecule is CC.CNC1CCC(C(=O)C(C)C)CC1.COC(C)C.O=CCCOCC1CCCCC1. The van der Waals surface area contributed by atoms with Crippen LogP contribution in [0.15, 0.2) is 0 Å². The van der Waals surface area contributed by atoms with E-state index in [4.69, 9.17) is 9.47 Å². The Morgan fingerprint density at radius 2 is 1.50 bits per heavy atom. The minimum Gasteiger partial charge on any atom is -0.382 e. The maximum absolute atomic E-state index is 11.7. The third kappa shape index (κ3) is 18.8. The molecular weight excluding hydrogens is 402 g/mol. The summed E-state index contributed by atoms with van der Waals surface area (Å²) in [5.74, 6) is 1.81. The highest BCUT2D eigenvalue weighted by atomic mass is 16.5. The number of ketones is 1. The van der Waals surface area contributed by atoms with Crippen LogP contribution in [0.4, 0.5) is 0 Å². The predicted octanol–water partition coefficient (Wildman–Crippen LogP) is 6.23. The second-order valence-corrected chi connectivity index (χ2v) is 9.21. The molecule has 32 heavy (non-hydrogen) atoms. The van der Waals surface area contributed by atoms with E-state index in [1.165, 1.54) is 44.9 Å². The van der Waals surface area contributed by atoms with E-state index < -0.39 is 0 Å². The lowest BCUT2D eigenvalue weighted by atomic mass is 9.80. The van der Waals surface area contributed by atoms with E-state index in [2.05, 4.69) is 5.32 Å². The molecule has 0 heterocycles. The zero-order chi connectivity index (χ0) is 24.8. The normalized spacial score (nSPS) is 20.8. The minimum atomic E-state index is 0.219. The first-order chi connectivity index (χ1) is 15.3. The van der Waals surface area contributed by atoms with Gasteiger partial charge in [0.2, 0.25) is 0 Å². The Morgan fingerprint density at radius 3 is 1.91 bits per heavy atom. The average Bonchev–Trinajstić information content (AvgIpc) is 2.84. The smallest absolute Gasteiger partial charge is 0.138 e. The van der Waals surface area contributed by atoms with Crippen LogP contribution >= 0.6 is 0 Å². The number of methoxy groups -OCH3 is 1. The number of nitrogens with one attached hydrogen (secondary N) is 1. The van der Waals surface area contributed by atoms with Gasteiger partial charge in [0, 0.05) is 38.0 Å². The minimum absolute atomic E-state index is 0.219. The molecule has 2 rings (SSSR count). The van der Waals surface area contributed by atoms with Crippen LogP contribution in [0, 0.1) is 17.8 Å². The largest absolute Gasteiger partial charge is 0.382 e. The molecule has 192 valence electrons. The lowest BCUT2D eigenvalue weighted by Crippen LogP contribution is -2.33. The van der Waals surface area contributed by atoms with Gasteiger partial charge in [0.1, 0.15) is 12.1 Å². The van der Waals surface area contributed by atoms with Crippen molar-refractivity contribution in [2.24, 2.45) is 17.8 Å². The summed E-state index contributed by atoms with van der Waals surface area (Å²) >= 11 is 0. The van der Waals surface area contributed by atoms with Gasteiger partial charge in [0.25, 0.3) is 0 Å². The highest BCUT2D eigenvalue weighted by Gasteiger charge is 2.26. The topological polar surface area (TPSA) is 64.6 Å². The molecule has 2 aliphatic carbocycles. The van der Waals surface area contributed by atoms with Crippen LogP contribution in [-0.2, 0) is 19.1 Å². The summed E-state index contributed by atoms with van der Waals surface area (Å²) < 4.78 is 10.1. The molecule has 2 aliphatic rings. The highest BCUT2D eigenvalue weighted by molar-refractivity contribution is 5.82. The van der Waals surface area contributed by atoms with Crippen molar-refractivity contribution in [3.8, 4) is 0 Å². The molecule has 0 saturated heterocycles. The van der Waals surface area contributed by atoms with Crippen molar-refractivity contribution in [1.82, 2.24) is 5.32 Å². The fourth-order valence-electron chi connectivity index (χ4n) is 3.87. The molecule has 0 aromatic heterocycles. The van der Waals surface area contributed by atoms with Crippen LogP contribution in [0.25, 0.3) is 0 Å². The first-order valence-electron chi connectivity index (χ1n) is 13.1. The van der Waals surface area contributed by atoms with Crippen LogP contribution in [0.2, 0.25) is 0 Å². The number of carbonyl (C=O) groups is 2. The third-order valence-corrected chi connectivity index (χ3v) is 6.04. The van der Waals surface area contributed by atoms with Gasteiger partial charge in [-0.1, -0.05) is 47.0 Å². The molecule has 0 unspecified atom stereocenters. The first kappa shape index (κ1) is 33.4. The van der Waals surface area contributed by atoms with Gasteiger partial charge in [0.05, 0.1) is 12.7 Å². The van der Waals surface area contributed by atoms with Gasteiger partial charge in [0.15, 0.2) is 0 Å². The number of rotatable bonds is 9. The van der Waals surface area contributed by atoms with Gasteiger partial charge < -0.3 is 19.6 Å². The number of carbonyl (C=O) groups excluding carboxylic acids is 2. The van der Waals surface area contributed by atoms with Crippen molar-refractivity contribution in [3.05, 3.63) is 0 Å². The molecule has 5 nitrogen and oxygen atoms in total. The van der Waals surface area contributed by atoms with Crippen LogP contribution in [0.5, 0.6) is 0 Å². The van der Waals surface area contributed by atoms with Crippen LogP contribution in [0.1, 0.15) is 106 Å². The predicted molar refractivity (Wildman–Crippen MR) is 136 cm³/mol. The quantitative estimate of drug-likeness (QED) is 0.328. The van der Waals surface area contributed by atoms with Gasteiger partial charge in [-0.05, 0) is 65.3 Å². The highest BCUT2D eigenvalue weighted by Crippen LogP contribution is 2.27. The Hall–Kier alpha value is -0.780. The van der Waals surface area contributed by atoms with E-state index >= 15 is 0 Å².